The Morgan fingerprint density at radius 3 is 1.93 bits per heavy atom. The molecule has 0 spiro atoms. The SMILES string of the molecule is [Au].[CH-]1CCCCC1C1CCCC[N-]1.[S-]C1=C([S-])SC(=C2SC3=C(SCCS3)S2)S1. The van der Waals surface area contributed by atoms with Gasteiger partial charge in [-0.05, 0) is 0 Å². The third-order valence-electron chi connectivity index (χ3n) is 5.02. The maximum absolute atomic E-state index is 5.21. The molecule has 0 N–H and O–H groups in total. The van der Waals surface area contributed by atoms with Crippen LogP contribution >= 0.6 is 70.6 Å². The number of hydrogen-bond donors (Lipinski definition) is 0. The summed E-state index contributed by atoms with van der Waals surface area (Å²) in [6, 6.07) is 0.707. The molecule has 0 aromatic heterocycles. The molecule has 29 heavy (non-hydrogen) atoms. The standard InChI is InChI=1S/C11H19N.C8H6S8.Au/c1-2-6-10(7-3-1)11-8-4-5-9-12-11;9-3-4(10)14-7(13-3)8-15-5-6(16-8)12-2-1-11-5;/h6,10-11H,1-5,7-9H2;9-10H,1-2H2;/q-2;;/p-2. The van der Waals surface area contributed by atoms with Gasteiger partial charge in [-0.25, -0.2) is 0 Å². The average Bonchev–Trinajstić information content (AvgIpc) is 3.33. The number of hydrogen-bond acceptors (Lipinski definition) is 8. The van der Waals surface area contributed by atoms with Gasteiger partial charge in [0.25, 0.3) is 0 Å². The van der Waals surface area contributed by atoms with Crippen molar-refractivity contribution in [2.75, 3.05) is 18.1 Å². The largest absolute Gasteiger partial charge is 0.774 e. The summed E-state index contributed by atoms with van der Waals surface area (Å²) in [5.74, 6) is 3.31. The Morgan fingerprint density at radius 2 is 1.38 bits per heavy atom. The van der Waals surface area contributed by atoms with Crippen molar-refractivity contribution in [2.45, 2.75) is 51.0 Å². The molecule has 167 valence electrons. The smallest absolute Gasteiger partial charge is 0.0716 e. The third-order valence-corrected chi connectivity index (χ3v) is 14.8. The molecule has 1 nitrogen and oxygen atoms in total. The van der Waals surface area contributed by atoms with Gasteiger partial charge in [0, 0.05) is 33.9 Å². The first-order valence-electron chi connectivity index (χ1n) is 9.74. The Labute approximate surface area is 227 Å². The van der Waals surface area contributed by atoms with Crippen LogP contribution in [0.2, 0.25) is 0 Å². The molecule has 0 aromatic carbocycles. The van der Waals surface area contributed by atoms with Crippen molar-refractivity contribution >= 4 is 95.8 Å². The molecule has 0 aromatic rings. The maximum atomic E-state index is 5.21. The topological polar surface area (TPSA) is 14.1 Å². The van der Waals surface area contributed by atoms with Crippen LogP contribution in [0.4, 0.5) is 0 Å². The van der Waals surface area contributed by atoms with E-state index >= 15 is 0 Å². The summed E-state index contributed by atoms with van der Waals surface area (Å²) in [5.41, 5.74) is 0. The van der Waals surface area contributed by atoms with Crippen molar-refractivity contribution in [3.8, 4) is 0 Å². The number of piperidine rings is 1. The van der Waals surface area contributed by atoms with E-state index in [4.69, 9.17) is 30.6 Å². The van der Waals surface area contributed by atoms with Gasteiger partial charge in [0.15, 0.2) is 0 Å². The zero-order chi connectivity index (χ0) is 19.3. The van der Waals surface area contributed by atoms with E-state index in [-0.39, 0.29) is 22.4 Å². The molecule has 2 atom stereocenters. The molecule has 1 saturated heterocycles. The number of rotatable bonds is 1. The average molecular weight is 719 g/mol. The normalized spacial score (nSPS) is 29.9. The fourth-order valence-corrected chi connectivity index (χ4v) is 12.9. The first-order chi connectivity index (χ1) is 13.7. The van der Waals surface area contributed by atoms with Crippen LogP contribution in [0.1, 0.15) is 44.9 Å². The van der Waals surface area contributed by atoms with E-state index in [2.05, 4.69) is 6.42 Å². The fraction of sp³-hybridized carbons (Fsp3) is 0.632. The van der Waals surface area contributed by atoms with E-state index in [9.17, 15) is 0 Å². The van der Waals surface area contributed by atoms with Crippen molar-refractivity contribution in [2.24, 2.45) is 5.92 Å². The Kier molecular flexibility index (Phi) is 12.0. The van der Waals surface area contributed by atoms with Gasteiger partial charge in [-0.3, -0.25) is 0 Å². The summed E-state index contributed by atoms with van der Waals surface area (Å²) in [7, 11) is 0. The van der Waals surface area contributed by atoms with Gasteiger partial charge in [-0.2, -0.15) is 18.4 Å². The molecule has 2 fully saturated rings. The molecule has 5 aliphatic rings. The predicted molar refractivity (Wildman–Crippen MR) is 143 cm³/mol. The Bertz CT molecular complexity index is 613. The molecule has 5 rings (SSSR count). The summed E-state index contributed by atoms with van der Waals surface area (Å²) in [4.78, 5) is 0. The summed E-state index contributed by atoms with van der Waals surface area (Å²) < 4.78 is 7.37. The van der Waals surface area contributed by atoms with Crippen molar-refractivity contribution in [1.29, 1.82) is 0 Å². The van der Waals surface area contributed by atoms with E-state index in [0.29, 0.717) is 6.04 Å². The monoisotopic (exact) mass is 718 g/mol. The second kappa shape index (κ2) is 13.4. The van der Waals surface area contributed by atoms with Gasteiger partial charge >= 0.3 is 0 Å². The van der Waals surface area contributed by atoms with Crippen molar-refractivity contribution in [1.82, 2.24) is 0 Å². The second-order valence-electron chi connectivity index (χ2n) is 6.98. The molecule has 2 unspecified atom stereocenters. The van der Waals surface area contributed by atoms with Crippen molar-refractivity contribution in [3.63, 3.8) is 0 Å². The Balaban J connectivity index is 0.000000167. The first kappa shape index (κ1) is 26.1. The van der Waals surface area contributed by atoms with Gasteiger partial charge in [0.2, 0.25) is 0 Å². The van der Waals surface area contributed by atoms with Crippen LogP contribution < -0.4 is 0 Å². The zero-order valence-corrected chi connectivity index (χ0v) is 24.5. The molecule has 1 saturated carbocycles. The van der Waals surface area contributed by atoms with E-state index in [0.717, 1.165) is 20.9 Å². The third kappa shape index (κ3) is 7.47. The Morgan fingerprint density at radius 1 is 0.759 bits per heavy atom. The van der Waals surface area contributed by atoms with Crippen LogP contribution in [0.25, 0.3) is 5.32 Å². The van der Waals surface area contributed by atoms with Gasteiger partial charge < -0.3 is 37.0 Å². The predicted octanol–water partition coefficient (Wildman–Crippen LogP) is 8.20. The second-order valence-corrected chi connectivity index (χ2v) is 15.6. The van der Waals surface area contributed by atoms with Crippen LogP contribution in [0.3, 0.4) is 0 Å². The molecule has 4 heterocycles. The van der Waals surface area contributed by atoms with Crippen LogP contribution in [0.15, 0.2) is 25.4 Å². The van der Waals surface area contributed by atoms with E-state index in [1.54, 1.807) is 23.5 Å². The van der Waals surface area contributed by atoms with E-state index in [1.807, 2.05) is 47.0 Å². The van der Waals surface area contributed by atoms with Crippen LogP contribution in [-0.4, -0.2) is 24.1 Å². The zero-order valence-electron chi connectivity index (χ0n) is 15.8. The summed E-state index contributed by atoms with van der Waals surface area (Å²) >= 11 is 21.5. The molecular weight excluding hydrogens is 696 g/mol. The first-order valence-corrected chi connectivity index (χ1v) is 15.8. The van der Waals surface area contributed by atoms with Gasteiger partial charge in [-0.15, -0.1) is 62.1 Å². The fourth-order valence-electron chi connectivity index (χ4n) is 3.64. The van der Waals surface area contributed by atoms with Gasteiger partial charge in [0.05, 0.1) is 16.9 Å². The van der Waals surface area contributed by atoms with Crippen LogP contribution in [0, 0.1) is 12.3 Å². The van der Waals surface area contributed by atoms with Gasteiger partial charge in [0.1, 0.15) is 0 Å². The Hall–Kier alpha value is 2.46. The molecular formula is C19H23AuNS8-4. The molecule has 10 heteroatoms. The summed E-state index contributed by atoms with van der Waals surface area (Å²) in [6.45, 7) is 1.13. The van der Waals surface area contributed by atoms with Gasteiger partial charge in [-0.1, -0.05) is 62.0 Å². The molecule has 1 aliphatic carbocycles. The van der Waals surface area contributed by atoms with E-state index < -0.39 is 0 Å². The number of thioether (sulfide) groups is 6. The minimum atomic E-state index is 0. The quantitative estimate of drug-likeness (QED) is 0.151. The van der Waals surface area contributed by atoms with Crippen molar-refractivity contribution in [3.05, 3.63) is 37.2 Å². The molecule has 1 radical (unpaired) electrons. The summed E-state index contributed by atoms with van der Waals surface area (Å²) in [6.07, 6.45) is 12.3. The van der Waals surface area contributed by atoms with Crippen molar-refractivity contribution < 1.29 is 22.4 Å². The minimum Gasteiger partial charge on any atom is -0.774 e. The molecule has 0 bridgehead atoms. The summed E-state index contributed by atoms with van der Waals surface area (Å²) in [5, 5.41) is 4.72. The molecule has 0 amide bonds. The minimum absolute atomic E-state index is 0. The van der Waals surface area contributed by atoms with Crippen LogP contribution in [-0.2, 0) is 47.6 Å². The van der Waals surface area contributed by atoms with Crippen LogP contribution in [0.5, 0.6) is 0 Å². The number of nitrogens with zero attached hydrogens (tertiary/aromatic N) is 1. The van der Waals surface area contributed by atoms with E-state index in [1.165, 1.54) is 73.4 Å². The molecule has 4 aliphatic heterocycles. The maximum Gasteiger partial charge on any atom is 0.0716 e.